The molecule has 17 heavy (non-hydrogen) atoms. The molecule has 0 bridgehead atoms. The number of aliphatic imine (C=N–C) groups is 1. The number of aromatic amines is 1. The fraction of sp³-hybridized carbons (Fsp3) is 0.0909. The van der Waals surface area contributed by atoms with E-state index in [0.29, 0.717) is 12.5 Å². The van der Waals surface area contributed by atoms with E-state index in [1.54, 1.807) is 12.4 Å². The second-order valence-electron chi connectivity index (χ2n) is 3.34. The monoisotopic (exact) mass is 230 g/mol. The molecule has 0 fully saturated rings. The third-order valence-electron chi connectivity index (χ3n) is 2.12. The van der Waals surface area contributed by atoms with Gasteiger partial charge in [-0.15, -0.1) is 0 Å². The molecule has 0 spiro atoms. The van der Waals surface area contributed by atoms with Gasteiger partial charge in [0.25, 0.3) is 0 Å². The standard InChI is InChI=1S/C11H14N6/c12-17-11(15-8-10-13-6-7-14-10)16-9-4-2-1-3-5-9/h1-7H,8,12H2,(H,13,14)(H2,15,16,17). The van der Waals surface area contributed by atoms with Crippen molar-refractivity contribution >= 4 is 11.6 Å². The molecule has 0 atom stereocenters. The number of guanidine groups is 1. The van der Waals surface area contributed by atoms with Crippen LogP contribution in [0.25, 0.3) is 0 Å². The molecule has 1 aromatic heterocycles. The SMILES string of the molecule is NNC(=NCc1ncc[nH]1)Nc1ccccc1. The van der Waals surface area contributed by atoms with Gasteiger partial charge in [-0.2, -0.15) is 0 Å². The summed E-state index contributed by atoms with van der Waals surface area (Å²) in [6, 6.07) is 9.67. The van der Waals surface area contributed by atoms with Gasteiger partial charge in [-0.1, -0.05) is 18.2 Å². The molecule has 0 saturated carbocycles. The number of hydrogen-bond donors (Lipinski definition) is 4. The first-order valence-corrected chi connectivity index (χ1v) is 5.20. The number of imidazole rings is 1. The van der Waals surface area contributed by atoms with Gasteiger partial charge in [0.1, 0.15) is 12.4 Å². The first-order chi connectivity index (χ1) is 8.38. The maximum atomic E-state index is 5.39. The number of anilines is 1. The molecule has 0 aliphatic heterocycles. The van der Waals surface area contributed by atoms with E-state index < -0.39 is 0 Å². The van der Waals surface area contributed by atoms with Gasteiger partial charge in [-0.25, -0.2) is 15.8 Å². The summed E-state index contributed by atoms with van der Waals surface area (Å²) in [7, 11) is 0. The van der Waals surface area contributed by atoms with Crippen LogP contribution < -0.4 is 16.6 Å². The first-order valence-electron chi connectivity index (χ1n) is 5.20. The minimum atomic E-state index is 0.437. The minimum Gasteiger partial charge on any atom is -0.347 e. The number of nitrogens with two attached hydrogens (primary N) is 1. The lowest BCUT2D eigenvalue weighted by molar-refractivity contribution is 0.916. The molecule has 1 heterocycles. The highest BCUT2D eigenvalue weighted by molar-refractivity contribution is 5.93. The van der Waals surface area contributed by atoms with E-state index >= 15 is 0 Å². The number of aromatic nitrogens is 2. The smallest absolute Gasteiger partial charge is 0.210 e. The Labute approximate surface area is 99.0 Å². The van der Waals surface area contributed by atoms with E-state index in [1.165, 1.54) is 0 Å². The van der Waals surface area contributed by atoms with Gasteiger partial charge in [-0.05, 0) is 12.1 Å². The van der Waals surface area contributed by atoms with Gasteiger partial charge < -0.3 is 10.3 Å². The van der Waals surface area contributed by atoms with E-state index in [1.807, 2.05) is 30.3 Å². The maximum absolute atomic E-state index is 5.39. The summed E-state index contributed by atoms with van der Waals surface area (Å²) in [5.41, 5.74) is 3.43. The van der Waals surface area contributed by atoms with Crippen LogP contribution in [0.15, 0.2) is 47.7 Å². The summed E-state index contributed by atoms with van der Waals surface area (Å²) in [6.07, 6.45) is 3.44. The fourth-order valence-corrected chi connectivity index (χ4v) is 1.32. The summed E-state index contributed by atoms with van der Waals surface area (Å²) in [6.45, 7) is 0.437. The van der Waals surface area contributed by atoms with E-state index in [2.05, 4.69) is 25.7 Å². The molecule has 0 amide bonds. The number of rotatable bonds is 3. The van der Waals surface area contributed by atoms with Crippen LogP contribution in [0.1, 0.15) is 5.82 Å². The Morgan fingerprint density at radius 2 is 2.18 bits per heavy atom. The molecule has 6 heteroatoms. The van der Waals surface area contributed by atoms with Crippen LogP contribution in [-0.4, -0.2) is 15.9 Å². The molecule has 0 unspecified atom stereocenters. The highest BCUT2D eigenvalue weighted by Crippen LogP contribution is 2.04. The maximum Gasteiger partial charge on any atom is 0.210 e. The van der Waals surface area contributed by atoms with Crippen molar-refractivity contribution in [3.63, 3.8) is 0 Å². The summed E-state index contributed by atoms with van der Waals surface area (Å²) in [4.78, 5) is 11.3. The molecule has 2 aromatic rings. The molecule has 0 radical (unpaired) electrons. The van der Waals surface area contributed by atoms with Gasteiger partial charge in [0.15, 0.2) is 0 Å². The third kappa shape index (κ3) is 3.32. The fourth-order valence-electron chi connectivity index (χ4n) is 1.32. The van der Waals surface area contributed by atoms with Gasteiger partial charge in [0.05, 0.1) is 0 Å². The zero-order valence-electron chi connectivity index (χ0n) is 9.22. The van der Waals surface area contributed by atoms with Crippen molar-refractivity contribution in [1.29, 1.82) is 0 Å². The number of para-hydroxylation sites is 1. The Balaban J connectivity index is 1.99. The van der Waals surface area contributed by atoms with Crippen LogP contribution >= 0.6 is 0 Å². The number of benzene rings is 1. The summed E-state index contributed by atoms with van der Waals surface area (Å²) >= 11 is 0. The number of H-pyrrole nitrogens is 1. The first kappa shape index (κ1) is 11.2. The summed E-state index contributed by atoms with van der Waals surface area (Å²) in [5.74, 6) is 6.66. The molecule has 2 rings (SSSR count). The average Bonchev–Trinajstić information content (AvgIpc) is 2.89. The normalized spacial score (nSPS) is 11.2. The van der Waals surface area contributed by atoms with Crippen LogP contribution in [0.2, 0.25) is 0 Å². The average molecular weight is 230 g/mol. The van der Waals surface area contributed by atoms with Crippen molar-refractivity contribution in [3.8, 4) is 0 Å². The molecular formula is C11H14N6. The lowest BCUT2D eigenvalue weighted by Gasteiger charge is -2.08. The lowest BCUT2D eigenvalue weighted by Crippen LogP contribution is -2.36. The van der Waals surface area contributed by atoms with Crippen LogP contribution in [0.4, 0.5) is 5.69 Å². The molecule has 0 aliphatic carbocycles. The Morgan fingerprint density at radius 3 is 2.82 bits per heavy atom. The zero-order chi connectivity index (χ0) is 11.9. The zero-order valence-corrected chi connectivity index (χ0v) is 9.22. The van der Waals surface area contributed by atoms with Crippen molar-refractivity contribution in [2.24, 2.45) is 10.8 Å². The highest BCUT2D eigenvalue weighted by atomic mass is 15.3. The van der Waals surface area contributed by atoms with Crippen LogP contribution in [-0.2, 0) is 6.54 Å². The van der Waals surface area contributed by atoms with Crippen molar-refractivity contribution in [2.45, 2.75) is 6.54 Å². The summed E-state index contributed by atoms with van der Waals surface area (Å²) < 4.78 is 0. The third-order valence-corrected chi connectivity index (χ3v) is 2.12. The van der Waals surface area contributed by atoms with Crippen molar-refractivity contribution in [1.82, 2.24) is 15.4 Å². The number of hydrazine groups is 1. The van der Waals surface area contributed by atoms with E-state index in [0.717, 1.165) is 11.5 Å². The molecule has 5 N–H and O–H groups in total. The van der Waals surface area contributed by atoms with Crippen molar-refractivity contribution in [3.05, 3.63) is 48.5 Å². The van der Waals surface area contributed by atoms with Crippen LogP contribution in [0.5, 0.6) is 0 Å². The Hall–Kier alpha value is -2.34. The second kappa shape index (κ2) is 5.66. The second-order valence-corrected chi connectivity index (χ2v) is 3.34. The Kier molecular flexibility index (Phi) is 3.72. The Morgan fingerprint density at radius 1 is 1.35 bits per heavy atom. The Bertz CT molecular complexity index is 462. The predicted octanol–water partition coefficient (Wildman–Crippen LogP) is 0.841. The van der Waals surface area contributed by atoms with E-state index in [9.17, 15) is 0 Å². The molecule has 0 aliphatic rings. The van der Waals surface area contributed by atoms with E-state index in [-0.39, 0.29) is 0 Å². The predicted molar refractivity (Wildman–Crippen MR) is 67.1 cm³/mol. The molecule has 88 valence electrons. The lowest BCUT2D eigenvalue weighted by atomic mass is 10.3. The highest BCUT2D eigenvalue weighted by Gasteiger charge is 1.98. The molecule has 1 aromatic carbocycles. The van der Waals surface area contributed by atoms with Gasteiger partial charge in [-0.3, -0.25) is 5.43 Å². The number of hydrogen-bond acceptors (Lipinski definition) is 3. The molecule has 6 nitrogen and oxygen atoms in total. The topological polar surface area (TPSA) is 91.1 Å². The summed E-state index contributed by atoms with van der Waals surface area (Å²) in [5, 5.41) is 3.06. The minimum absolute atomic E-state index is 0.437. The number of nitrogens with one attached hydrogen (secondary N) is 3. The van der Waals surface area contributed by atoms with Gasteiger partial charge in [0, 0.05) is 18.1 Å². The van der Waals surface area contributed by atoms with E-state index in [4.69, 9.17) is 5.84 Å². The van der Waals surface area contributed by atoms with Gasteiger partial charge in [0.2, 0.25) is 5.96 Å². The van der Waals surface area contributed by atoms with Gasteiger partial charge >= 0.3 is 0 Å². The largest absolute Gasteiger partial charge is 0.347 e. The van der Waals surface area contributed by atoms with Crippen molar-refractivity contribution in [2.75, 3.05) is 5.32 Å². The van der Waals surface area contributed by atoms with Crippen molar-refractivity contribution < 1.29 is 0 Å². The number of nitrogens with zero attached hydrogens (tertiary/aromatic N) is 2. The quantitative estimate of drug-likeness (QED) is 0.272. The molecule has 0 saturated heterocycles. The van der Waals surface area contributed by atoms with Crippen LogP contribution in [0.3, 0.4) is 0 Å². The molecular weight excluding hydrogens is 216 g/mol. The van der Waals surface area contributed by atoms with Crippen LogP contribution in [0, 0.1) is 0 Å².